The van der Waals surface area contributed by atoms with Crippen LogP contribution in [0.5, 0.6) is 5.75 Å². The van der Waals surface area contributed by atoms with Crippen LogP contribution in [0.3, 0.4) is 0 Å². The Kier molecular flexibility index (Phi) is 6.68. The van der Waals surface area contributed by atoms with Crippen molar-refractivity contribution in [3.05, 3.63) is 101 Å². The van der Waals surface area contributed by atoms with Crippen LogP contribution in [0.15, 0.2) is 88.5 Å². The lowest BCUT2D eigenvalue weighted by atomic mass is 9.94. The zero-order chi connectivity index (χ0) is 27.0. The Morgan fingerprint density at radius 2 is 1.74 bits per heavy atom. The largest absolute Gasteiger partial charge is 0.503 e. The summed E-state index contributed by atoms with van der Waals surface area (Å²) in [5.41, 5.74) is 3.70. The van der Waals surface area contributed by atoms with Crippen molar-refractivity contribution < 1.29 is 23.8 Å². The Morgan fingerprint density at radius 1 is 1.03 bits per heavy atom. The maximum Gasteiger partial charge on any atom is 0.294 e. The quantitative estimate of drug-likeness (QED) is 0.277. The standard InChI is InChI=1S/C31H30N2O5/c1-5-32(6-2)22-13-15-23(16-14-22)33-27(20-10-7-9-19(3)17-20)26(29(35)31(33)36)28(34)25-18-21-11-8-12-24(37-4)30(21)38-25/h7-18,27,35H,5-6H2,1-4H3. The van der Waals surface area contributed by atoms with E-state index in [-0.39, 0.29) is 11.3 Å². The molecular formula is C31H30N2O5. The molecule has 0 radical (unpaired) electrons. The fraction of sp³-hybridized carbons (Fsp3) is 0.226. The van der Waals surface area contributed by atoms with Crippen LogP contribution in [0.4, 0.5) is 11.4 Å². The fourth-order valence-electron chi connectivity index (χ4n) is 5.11. The minimum absolute atomic E-state index is 0.0218. The minimum Gasteiger partial charge on any atom is -0.503 e. The van der Waals surface area contributed by atoms with E-state index >= 15 is 0 Å². The summed E-state index contributed by atoms with van der Waals surface area (Å²) in [5, 5.41) is 11.8. The van der Waals surface area contributed by atoms with Crippen LogP contribution in [0.25, 0.3) is 11.0 Å². The third-order valence-corrected chi connectivity index (χ3v) is 7.02. The summed E-state index contributed by atoms with van der Waals surface area (Å²) in [6.07, 6.45) is 0. The zero-order valence-corrected chi connectivity index (χ0v) is 21.9. The molecule has 0 aliphatic carbocycles. The fourth-order valence-corrected chi connectivity index (χ4v) is 5.11. The van der Waals surface area contributed by atoms with E-state index in [9.17, 15) is 14.7 Å². The van der Waals surface area contributed by atoms with E-state index < -0.39 is 23.5 Å². The predicted molar refractivity (Wildman–Crippen MR) is 148 cm³/mol. The van der Waals surface area contributed by atoms with E-state index in [1.807, 2.05) is 61.5 Å². The van der Waals surface area contributed by atoms with Crippen molar-refractivity contribution in [2.45, 2.75) is 26.8 Å². The molecule has 1 amide bonds. The molecule has 0 spiro atoms. The number of hydrogen-bond acceptors (Lipinski definition) is 6. The molecule has 5 rings (SSSR count). The third kappa shape index (κ3) is 4.20. The maximum absolute atomic E-state index is 13.9. The molecule has 7 heteroatoms. The van der Waals surface area contributed by atoms with Gasteiger partial charge in [-0.15, -0.1) is 0 Å². The van der Waals surface area contributed by atoms with Crippen molar-refractivity contribution in [3.8, 4) is 5.75 Å². The van der Waals surface area contributed by atoms with Gasteiger partial charge in [0.15, 0.2) is 22.9 Å². The number of para-hydroxylation sites is 1. The summed E-state index contributed by atoms with van der Waals surface area (Å²) in [6, 6.07) is 21.3. The number of furan rings is 1. The molecule has 0 saturated heterocycles. The SMILES string of the molecule is CCN(CC)c1ccc(N2C(=O)C(O)=C(C(=O)c3cc4cccc(OC)c4o3)C2c2cccc(C)c2)cc1. The van der Waals surface area contributed by atoms with E-state index in [4.69, 9.17) is 9.15 Å². The normalized spacial score (nSPS) is 15.4. The average molecular weight is 511 g/mol. The Morgan fingerprint density at radius 3 is 2.39 bits per heavy atom. The van der Waals surface area contributed by atoms with Gasteiger partial charge in [-0.05, 0) is 62.7 Å². The predicted octanol–water partition coefficient (Wildman–Crippen LogP) is 6.38. The molecule has 1 aromatic heterocycles. The second kappa shape index (κ2) is 10.1. The number of hydrogen-bond donors (Lipinski definition) is 1. The van der Waals surface area contributed by atoms with Crippen LogP contribution < -0.4 is 14.5 Å². The Hall–Kier alpha value is -4.52. The van der Waals surface area contributed by atoms with Gasteiger partial charge in [0, 0.05) is 29.9 Å². The minimum atomic E-state index is -0.829. The number of aryl methyl sites for hydroxylation is 1. The molecule has 1 N–H and O–H groups in total. The first kappa shape index (κ1) is 25.1. The van der Waals surface area contributed by atoms with Crippen LogP contribution in [-0.2, 0) is 4.79 Å². The molecule has 7 nitrogen and oxygen atoms in total. The van der Waals surface area contributed by atoms with Crippen molar-refractivity contribution >= 4 is 34.0 Å². The zero-order valence-electron chi connectivity index (χ0n) is 21.9. The van der Waals surface area contributed by atoms with Gasteiger partial charge in [0.2, 0.25) is 5.78 Å². The highest BCUT2D eigenvalue weighted by Gasteiger charge is 2.45. The molecule has 0 saturated carbocycles. The summed E-state index contributed by atoms with van der Waals surface area (Å²) in [6.45, 7) is 7.83. The Labute approximate surface area is 221 Å². The molecule has 1 aliphatic rings. The molecule has 0 bridgehead atoms. The topological polar surface area (TPSA) is 83.2 Å². The number of carbonyl (C=O) groups excluding carboxylic acids is 2. The van der Waals surface area contributed by atoms with E-state index in [0.29, 0.717) is 28.0 Å². The maximum atomic E-state index is 13.9. The number of nitrogens with zero attached hydrogens (tertiary/aromatic N) is 2. The summed E-state index contributed by atoms with van der Waals surface area (Å²) in [5.74, 6) is -1.25. The van der Waals surface area contributed by atoms with E-state index in [0.717, 1.165) is 24.3 Å². The third-order valence-electron chi connectivity index (χ3n) is 7.02. The van der Waals surface area contributed by atoms with Gasteiger partial charge in [0.1, 0.15) is 0 Å². The molecule has 194 valence electrons. The highest BCUT2D eigenvalue weighted by molar-refractivity contribution is 6.20. The number of carbonyl (C=O) groups is 2. The van der Waals surface area contributed by atoms with Crippen molar-refractivity contribution in [2.75, 3.05) is 30.0 Å². The first-order valence-electron chi connectivity index (χ1n) is 12.7. The number of Topliss-reactive ketones (excluding diaryl/α,β-unsaturated/α-hetero) is 1. The Bertz CT molecular complexity index is 1550. The summed E-state index contributed by atoms with van der Waals surface area (Å²) in [4.78, 5) is 31.1. The van der Waals surface area contributed by atoms with Gasteiger partial charge in [-0.2, -0.15) is 0 Å². The van der Waals surface area contributed by atoms with Crippen molar-refractivity contribution in [1.29, 1.82) is 0 Å². The van der Waals surface area contributed by atoms with Crippen LogP contribution in [-0.4, -0.2) is 37.0 Å². The molecule has 1 aliphatic heterocycles. The summed E-state index contributed by atoms with van der Waals surface area (Å²) in [7, 11) is 1.53. The molecule has 1 unspecified atom stereocenters. The number of rotatable bonds is 8. The van der Waals surface area contributed by atoms with Gasteiger partial charge in [-0.3, -0.25) is 14.5 Å². The second-order valence-electron chi connectivity index (χ2n) is 9.26. The van der Waals surface area contributed by atoms with Crippen molar-refractivity contribution in [2.24, 2.45) is 0 Å². The molecular weight excluding hydrogens is 480 g/mol. The van der Waals surface area contributed by atoms with Gasteiger partial charge in [0.05, 0.1) is 18.7 Å². The van der Waals surface area contributed by atoms with E-state index in [1.165, 1.54) is 12.0 Å². The first-order valence-corrected chi connectivity index (χ1v) is 12.7. The molecule has 4 aromatic rings. The highest BCUT2D eigenvalue weighted by atomic mass is 16.5. The lowest BCUT2D eigenvalue weighted by Crippen LogP contribution is -2.31. The number of ketones is 1. The van der Waals surface area contributed by atoms with E-state index in [2.05, 4.69) is 18.7 Å². The first-order chi connectivity index (χ1) is 18.4. The van der Waals surface area contributed by atoms with E-state index in [1.54, 1.807) is 18.2 Å². The smallest absolute Gasteiger partial charge is 0.294 e. The Balaban J connectivity index is 1.62. The summed E-state index contributed by atoms with van der Waals surface area (Å²) >= 11 is 0. The van der Waals surface area contributed by atoms with Gasteiger partial charge in [-0.25, -0.2) is 0 Å². The average Bonchev–Trinajstić information content (AvgIpc) is 3.48. The van der Waals surface area contributed by atoms with Crippen LogP contribution in [0.1, 0.15) is 41.6 Å². The molecule has 38 heavy (non-hydrogen) atoms. The number of amides is 1. The van der Waals surface area contributed by atoms with Crippen molar-refractivity contribution in [3.63, 3.8) is 0 Å². The number of aliphatic hydroxyl groups excluding tert-OH is 1. The number of benzene rings is 3. The summed E-state index contributed by atoms with van der Waals surface area (Å²) < 4.78 is 11.3. The number of methoxy groups -OCH3 is 1. The number of aliphatic hydroxyl groups is 1. The van der Waals surface area contributed by atoms with Crippen LogP contribution in [0, 0.1) is 6.92 Å². The van der Waals surface area contributed by atoms with Gasteiger partial charge < -0.3 is 19.2 Å². The molecule has 1 atom stereocenters. The monoisotopic (exact) mass is 510 g/mol. The van der Waals surface area contributed by atoms with Crippen LogP contribution >= 0.6 is 0 Å². The van der Waals surface area contributed by atoms with Gasteiger partial charge in [0.25, 0.3) is 5.91 Å². The van der Waals surface area contributed by atoms with Crippen molar-refractivity contribution in [1.82, 2.24) is 0 Å². The number of fused-ring (bicyclic) bond motifs is 1. The van der Waals surface area contributed by atoms with Crippen LogP contribution in [0.2, 0.25) is 0 Å². The lowest BCUT2D eigenvalue weighted by Gasteiger charge is -2.28. The lowest BCUT2D eigenvalue weighted by molar-refractivity contribution is -0.117. The van der Waals surface area contributed by atoms with Gasteiger partial charge >= 0.3 is 0 Å². The molecule has 2 heterocycles. The van der Waals surface area contributed by atoms with Gasteiger partial charge in [-0.1, -0.05) is 42.0 Å². The number of ether oxygens (including phenoxy) is 1. The number of anilines is 2. The molecule has 3 aromatic carbocycles. The second-order valence-corrected chi connectivity index (χ2v) is 9.26. The molecule has 0 fully saturated rings. The highest BCUT2D eigenvalue weighted by Crippen LogP contribution is 2.43.